The van der Waals surface area contributed by atoms with E-state index in [4.69, 9.17) is 11.6 Å². The molecule has 1 N–H and O–H groups in total. The topological polar surface area (TPSA) is 45.8 Å². The van der Waals surface area contributed by atoms with Crippen molar-refractivity contribution < 1.29 is 0 Å². The molecule has 0 saturated heterocycles. The quantitative estimate of drug-likeness (QED) is 0.776. The zero-order chi connectivity index (χ0) is 13.4. The first-order valence-corrected chi connectivity index (χ1v) is 8.21. The number of halogens is 2. The van der Waals surface area contributed by atoms with Crippen molar-refractivity contribution in [3.8, 4) is 10.7 Å². The summed E-state index contributed by atoms with van der Waals surface area (Å²) >= 11 is 10.8. The molecule has 0 aliphatic heterocycles. The van der Waals surface area contributed by atoms with E-state index >= 15 is 0 Å². The summed E-state index contributed by atoms with van der Waals surface area (Å²) < 4.78 is 1.51. The summed E-state index contributed by atoms with van der Waals surface area (Å²) in [5.41, 5.74) is 1.82. The summed E-state index contributed by atoms with van der Waals surface area (Å²) in [6, 6.07) is 1.90. The van der Waals surface area contributed by atoms with Crippen LogP contribution < -0.4 is 5.56 Å². The molecule has 0 radical (unpaired) electrons. The minimum absolute atomic E-state index is 0.00236. The van der Waals surface area contributed by atoms with E-state index in [1.165, 1.54) is 17.8 Å². The molecular weight excluding hydrogens is 348 g/mol. The normalized spacial score (nSPS) is 15.1. The minimum atomic E-state index is 0.00236. The van der Waals surface area contributed by atoms with Gasteiger partial charge in [0, 0.05) is 10.0 Å². The van der Waals surface area contributed by atoms with Gasteiger partial charge in [0.05, 0.1) is 10.6 Å². The Bertz CT molecular complexity index is 660. The van der Waals surface area contributed by atoms with E-state index in [0.717, 1.165) is 46.3 Å². The maximum absolute atomic E-state index is 12.2. The van der Waals surface area contributed by atoms with Gasteiger partial charge < -0.3 is 4.98 Å². The molecule has 3 rings (SSSR count). The molecule has 0 atom stereocenters. The largest absolute Gasteiger partial charge is 0.306 e. The Morgan fingerprint density at radius 1 is 1.32 bits per heavy atom. The fourth-order valence-corrected chi connectivity index (χ4v) is 4.01. The number of aromatic nitrogens is 2. The fraction of sp³-hybridized carbons (Fsp3) is 0.385. The molecule has 1 aliphatic carbocycles. The van der Waals surface area contributed by atoms with Crippen LogP contribution in [0.3, 0.4) is 0 Å². The second-order valence-electron chi connectivity index (χ2n) is 4.63. The van der Waals surface area contributed by atoms with Gasteiger partial charge in [-0.1, -0.05) is 18.0 Å². The number of fused-ring (bicyclic) bond motifs is 1. The van der Waals surface area contributed by atoms with E-state index in [0.29, 0.717) is 10.2 Å². The van der Waals surface area contributed by atoms with Crippen molar-refractivity contribution in [2.24, 2.45) is 0 Å². The third kappa shape index (κ3) is 2.64. The van der Waals surface area contributed by atoms with Gasteiger partial charge in [0.25, 0.3) is 5.56 Å². The Kier molecular flexibility index (Phi) is 3.78. The number of nitrogens with one attached hydrogen (secondary N) is 1. The molecule has 0 bridgehead atoms. The Morgan fingerprint density at radius 2 is 2.11 bits per heavy atom. The van der Waals surface area contributed by atoms with Crippen LogP contribution in [0.25, 0.3) is 10.7 Å². The van der Waals surface area contributed by atoms with Crippen molar-refractivity contribution in [3.63, 3.8) is 0 Å². The van der Waals surface area contributed by atoms with Gasteiger partial charge >= 0.3 is 0 Å². The number of rotatable bonds is 1. The number of aromatic amines is 1. The maximum Gasteiger partial charge on any atom is 0.254 e. The molecule has 1 aliphatic rings. The van der Waals surface area contributed by atoms with Crippen LogP contribution in [0, 0.1) is 0 Å². The Morgan fingerprint density at radius 3 is 2.84 bits per heavy atom. The molecule has 0 fully saturated rings. The minimum Gasteiger partial charge on any atom is -0.306 e. The van der Waals surface area contributed by atoms with Gasteiger partial charge in [-0.05, 0) is 47.7 Å². The first-order valence-electron chi connectivity index (χ1n) is 6.22. The summed E-state index contributed by atoms with van der Waals surface area (Å²) in [6.07, 6.45) is 5.09. The van der Waals surface area contributed by atoms with Crippen molar-refractivity contribution in [2.45, 2.75) is 32.1 Å². The van der Waals surface area contributed by atoms with Gasteiger partial charge in [-0.2, -0.15) is 0 Å². The predicted molar refractivity (Wildman–Crippen MR) is 82.1 cm³/mol. The fourth-order valence-electron chi connectivity index (χ4n) is 2.36. The highest BCUT2D eigenvalue weighted by Gasteiger charge is 2.16. The van der Waals surface area contributed by atoms with Crippen LogP contribution in [0.1, 0.15) is 30.5 Å². The van der Waals surface area contributed by atoms with Crippen LogP contribution in [0.5, 0.6) is 0 Å². The highest BCUT2D eigenvalue weighted by molar-refractivity contribution is 9.10. The van der Waals surface area contributed by atoms with Gasteiger partial charge in [0.2, 0.25) is 0 Å². The highest BCUT2D eigenvalue weighted by atomic mass is 79.9. The number of thiophene rings is 1. The zero-order valence-corrected chi connectivity index (χ0v) is 13.3. The molecule has 6 heteroatoms. The molecule has 2 aromatic heterocycles. The number of H-pyrrole nitrogens is 1. The first-order chi connectivity index (χ1) is 9.15. The molecular formula is C13H12BrClN2OS. The van der Waals surface area contributed by atoms with Crippen molar-refractivity contribution >= 4 is 38.9 Å². The number of aryl methyl sites for hydroxylation is 1. The molecule has 100 valence electrons. The number of nitrogens with zero attached hydrogens (tertiary/aromatic N) is 1. The van der Waals surface area contributed by atoms with Gasteiger partial charge in [-0.3, -0.25) is 4.79 Å². The second-order valence-corrected chi connectivity index (χ2v) is 7.14. The van der Waals surface area contributed by atoms with Crippen LogP contribution in [0.2, 0.25) is 4.34 Å². The summed E-state index contributed by atoms with van der Waals surface area (Å²) in [5.74, 6) is 0.628. The third-order valence-corrected chi connectivity index (χ3v) is 5.80. The van der Waals surface area contributed by atoms with Gasteiger partial charge in [-0.15, -0.1) is 11.3 Å². The lowest BCUT2D eigenvalue weighted by Crippen LogP contribution is -2.17. The van der Waals surface area contributed by atoms with Crippen LogP contribution in [-0.2, 0) is 12.8 Å². The average Bonchev–Trinajstić information content (AvgIpc) is 2.61. The lowest BCUT2D eigenvalue weighted by Gasteiger charge is -2.05. The van der Waals surface area contributed by atoms with E-state index < -0.39 is 0 Å². The highest BCUT2D eigenvalue weighted by Crippen LogP contribution is 2.36. The van der Waals surface area contributed by atoms with E-state index in [9.17, 15) is 4.79 Å². The Balaban J connectivity index is 2.11. The van der Waals surface area contributed by atoms with E-state index in [2.05, 4.69) is 25.9 Å². The molecule has 0 spiro atoms. The van der Waals surface area contributed by atoms with Gasteiger partial charge in [0.15, 0.2) is 5.82 Å². The monoisotopic (exact) mass is 358 g/mol. The number of hydrogen-bond donors (Lipinski definition) is 1. The van der Waals surface area contributed by atoms with E-state index in [1.807, 2.05) is 6.07 Å². The lowest BCUT2D eigenvalue weighted by atomic mass is 10.1. The van der Waals surface area contributed by atoms with Gasteiger partial charge in [-0.25, -0.2) is 4.98 Å². The standard InChI is InChI=1S/C13H12BrClN2OS/c14-8-6-10(19-11(8)15)12-16-9-5-3-1-2-4-7(9)13(18)17-12/h6H,1-5H2,(H,16,17,18). The molecule has 2 heterocycles. The van der Waals surface area contributed by atoms with Crippen molar-refractivity contribution in [3.05, 3.63) is 36.5 Å². The van der Waals surface area contributed by atoms with Crippen LogP contribution in [-0.4, -0.2) is 9.97 Å². The zero-order valence-electron chi connectivity index (χ0n) is 10.1. The number of hydrogen-bond acceptors (Lipinski definition) is 3. The molecule has 0 amide bonds. The second kappa shape index (κ2) is 5.38. The van der Waals surface area contributed by atoms with Gasteiger partial charge in [0.1, 0.15) is 4.34 Å². The van der Waals surface area contributed by atoms with Crippen LogP contribution >= 0.6 is 38.9 Å². The van der Waals surface area contributed by atoms with Crippen LogP contribution in [0.4, 0.5) is 0 Å². The smallest absolute Gasteiger partial charge is 0.254 e. The predicted octanol–water partition coefficient (Wildman–Crippen LogP) is 4.18. The Hall–Kier alpha value is -0.650. The summed E-state index contributed by atoms with van der Waals surface area (Å²) in [7, 11) is 0. The van der Waals surface area contributed by atoms with Crippen molar-refractivity contribution in [1.29, 1.82) is 0 Å². The van der Waals surface area contributed by atoms with Crippen molar-refractivity contribution in [1.82, 2.24) is 9.97 Å². The third-order valence-electron chi connectivity index (χ3n) is 3.32. The molecule has 3 nitrogen and oxygen atoms in total. The SMILES string of the molecule is O=c1[nH]c(-c2cc(Br)c(Cl)s2)nc2c1CCCCC2. The average molecular weight is 360 g/mol. The van der Waals surface area contributed by atoms with Crippen molar-refractivity contribution in [2.75, 3.05) is 0 Å². The molecule has 0 aromatic carbocycles. The first kappa shape index (κ1) is 13.3. The maximum atomic E-state index is 12.2. The molecule has 19 heavy (non-hydrogen) atoms. The molecule has 2 aromatic rings. The molecule has 0 unspecified atom stereocenters. The summed E-state index contributed by atoms with van der Waals surface area (Å²) in [4.78, 5) is 20.6. The van der Waals surface area contributed by atoms with E-state index in [-0.39, 0.29) is 5.56 Å². The lowest BCUT2D eigenvalue weighted by molar-refractivity contribution is 0.708. The van der Waals surface area contributed by atoms with Crippen LogP contribution in [0.15, 0.2) is 15.3 Å². The van der Waals surface area contributed by atoms with E-state index in [1.54, 1.807) is 0 Å². The summed E-state index contributed by atoms with van der Waals surface area (Å²) in [5, 5.41) is 0. The summed E-state index contributed by atoms with van der Waals surface area (Å²) in [6.45, 7) is 0. The molecule has 0 saturated carbocycles. The Labute approximate surface area is 128 Å².